The molecule has 140 valence electrons. The molecule has 0 saturated carbocycles. The highest BCUT2D eigenvalue weighted by Gasteiger charge is 2.23. The van der Waals surface area contributed by atoms with E-state index in [0.29, 0.717) is 29.3 Å². The van der Waals surface area contributed by atoms with Crippen molar-refractivity contribution in [2.24, 2.45) is 0 Å². The maximum absolute atomic E-state index is 12.6. The van der Waals surface area contributed by atoms with Gasteiger partial charge in [-0.25, -0.2) is 0 Å². The molecule has 1 aliphatic heterocycles. The molecule has 0 unspecified atom stereocenters. The third kappa shape index (κ3) is 5.04. The van der Waals surface area contributed by atoms with Gasteiger partial charge in [0, 0.05) is 49.3 Å². The summed E-state index contributed by atoms with van der Waals surface area (Å²) in [5, 5.41) is 8.59. The zero-order valence-electron chi connectivity index (χ0n) is 15.3. The zero-order chi connectivity index (χ0) is 18.4. The van der Waals surface area contributed by atoms with E-state index in [4.69, 9.17) is 4.42 Å². The molecule has 1 aliphatic rings. The molecule has 1 saturated heterocycles. The second-order valence-electron chi connectivity index (χ2n) is 6.66. The minimum atomic E-state index is 0.208. The van der Waals surface area contributed by atoms with Crippen LogP contribution in [0.5, 0.6) is 0 Å². The lowest BCUT2D eigenvalue weighted by Gasteiger charge is -2.28. The van der Waals surface area contributed by atoms with Crippen molar-refractivity contribution < 1.29 is 9.21 Å². The van der Waals surface area contributed by atoms with Crippen molar-refractivity contribution in [2.45, 2.75) is 36.9 Å². The van der Waals surface area contributed by atoms with Gasteiger partial charge in [-0.1, -0.05) is 18.2 Å². The van der Waals surface area contributed by atoms with Crippen molar-refractivity contribution in [3.05, 3.63) is 24.5 Å². The summed E-state index contributed by atoms with van der Waals surface area (Å²) >= 11 is 1.43. The molecule has 0 aromatic carbocycles. The number of nitrogens with zero attached hydrogens (tertiary/aromatic N) is 5. The number of rotatable bonds is 6. The van der Waals surface area contributed by atoms with Crippen LogP contribution in [0.4, 0.5) is 0 Å². The summed E-state index contributed by atoms with van der Waals surface area (Å²) < 4.78 is 5.65. The van der Waals surface area contributed by atoms with Crippen LogP contribution in [-0.4, -0.2) is 69.9 Å². The van der Waals surface area contributed by atoms with Gasteiger partial charge < -0.3 is 14.2 Å². The fourth-order valence-corrected chi connectivity index (χ4v) is 3.72. The Bertz CT molecular complexity index is 707. The van der Waals surface area contributed by atoms with Crippen LogP contribution in [0.15, 0.2) is 34.2 Å². The summed E-state index contributed by atoms with van der Waals surface area (Å²) in [5.41, 5.74) is 0.842. The number of likely N-dealkylation sites (tertiary alicyclic amines) is 1. The van der Waals surface area contributed by atoms with Gasteiger partial charge in [-0.05, 0) is 39.1 Å². The van der Waals surface area contributed by atoms with Crippen molar-refractivity contribution in [2.75, 3.05) is 32.9 Å². The van der Waals surface area contributed by atoms with Crippen molar-refractivity contribution >= 4 is 17.7 Å². The summed E-state index contributed by atoms with van der Waals surface area (Å²) in [5.74, 6) is 1.32. The number of hydrogen-bond acceptors (Lipinski definition) is 7. The molecule has 1 fully saturated rings. The number of carbonyl (C=O) groups excluding carboxylic acids is 1. The Kier molecular flexibility index (Phi) is 6.62. The second kappa shape index (κ2) is 9.14. The van der Waals surface area contributed by atoms with Crippen LogP contribution in [0.25, 0.3) is 11.5 Å². The van der Waals surface area contributed by atoms with Crippen LogP contribution in [0, 0.1) is 0 Å². The lowest BCUT2D eigenvalue weighted by atomic mass is 10.1. The second-order valence-corrected chi connectivity index (χ2v) is 7.71. The highest BCUT2D eigenvalue weighted by molar-refractivity contribution is 7.99. The van der Waals surface area contributed by atoms with Crippen LogP contribution < -0.4 is 0 Å². The normalized spacial score (nSPS) is 18.1. The average molecular weight is 375 g/mol. The van der Waals surface area contributed by atoms with Crippen LogP contribution >= 0.6 is 11.8 Å². The SMILES string of the molecule is CN(C)[C@H]1CCCCN(C(=O)CCSc2nnc(-c3ccncc3)o2)C1. The highest BCUT2D eigenvalue weighted by atomic mass is 32.2. The van der Waals surface area contributed by atoms with Gasteiger partial charge in [-0.2, -0.15) is 0 Å². The molecule has 3 heterocycles. The van der Waals surface area contributed by atoms with E-state index in [0.717, 1.165) is 31.5 Å². The fourth-order valence-electron chi connectivity index (χ4n) is 3.03. The third-order valence-corrected chi connectivity index (χ3v) is 5.42. The summed E-state index contributed by atoms with van der Waals surface area (Å²) in [4.78, 5) is 20.8. The Morgan fingerprint density at radius 1 is 1.31 bits per heavy atom. The minimum absolute atomic E-state index is 0.208. The molecule has 1 amide bonds. The number of aromatic nitrogens is 3. The molecule has 8 heteroatoms. The van der Waals surface area contributed by atoms with E-state index in [-0.39, 0.29) is 5.91 Å². The number of thioether (sulfide) groups is 1. The van der Waals surface area contributed by atoms with Crippen LogP contribution in [-0.2, 0) is 4.79 Å². The Morgan fingerprint density at radius 3 is 2.88 bits per heavy atom. The molecule has 3 rings (SSSR count). The van der Waals surface area contributed by atoms with E-state index in [1.165, 1.54) is 18.2 Å². The maximum Gasteiger partial charge on any atom is 0.276 e. The van der Waals surface area contributed by atoms with Crippen molar-refractivity contribution in [1.29, 1.82) is 0 Å². The molecule has 0 aliphatic carbocycles. The van der Waals surface area contributed by atoms with E-state index in [2.05, 4.69) is 34.2 Å². The molecule has 1 atom stereocenters. The van der Waals surface area contributed by atoms with Gasteiger partial charge in [0.15, 0.2) is 0 Å². The molecule has 2 aromatic heterocycles. The molecular weight excluding hydrogens is 350 g/mol. The lowest BCUT2D eigenvalue weighted by Crippen LogP contribution is -2.42. The monoisotopic (exact) mass is 375 g/mol. The first-order valence-corrected chi connectivity index (χ1v) is 9.93. The summed E-state index contributed by atoms with van der Waals surface area (Å²) in [6.45, 7) is 1.68. The quantitative estimate of drug-likeness (QED) is 0.718. The Balaban J connectivity index is 1.48. The fraction of sp³-hybridized carbons (Fsp3) is 0.556. The lowest BCUT2D eigenvalue weighted by molar-refractivity contribution is -0.131. The van der Waals surface area contributed by atoms with Crippen molar-refractivity contribution in [3.8, 4) is 11.5 Å². The van der Waals surface area contributed by atoms with E-state index < -0.39 is 0 Å². The van der Waals surface area contributed by atoms with Gasteiger partial charge in [-0.3, -0.25) is 9.78 Å². The standard InChI is InChI=1S/C18H25N5O2S/c1-22(2)15-5-3-4-11-23(13-15)16(24)8-12-26-18-21-20-17(25-18)14-6-9-19-10-7-14/h6-7,9-10,15H,3-5,8,11-13H2,1-2H3/t15-/m0/s1. The van der Waals surface area contributed by atoms with E-state index in [1.54, 1.807) is 12.4 Å². The summed E-state index contributed by atoms with van der Waals surface area (Å²) in [7, 11) is 4.18. The molecule has 0 bridgehead atoms. The molecular formula is C18H25N5O2S. The van der Waals surface area contributed by atoms with Crippen LogP contribution in [0.2, 0.25) is 0 Å². The van der Waals surface area contributed by atoms with Crippen molar-refractivity contribution in [1.82, 2.24) is 25.0 Å². The third-order valence-electron chi connectivity index (χ3n) is 4.60. The Labute approximate surface area is 158 Å². The minimum Gasteiger partial charge on any atom is -0.411 e. The zero-order valence-corrected chi connectivity index (χ0v) is 16.1. The molecule has 0 radical (unpaired) electrons. The number of carbonyl (C=O) groups is 1. The molecule has 7 nitrogen and oxygen atoms in total. The van der Waals surface area contributed by atoms with E-state index in [9.17, 15) is 4.79 Å². The van der Waals surface area contributed by atoms with Gasteiger partial charge in [0.2, 0.25) is 11.8 Å². The highest BCUT2D eigenvalue weighted by Crippen LogP contribution is 2.23. The molecule has 2 aromatic rings. The van der Waals surface area contributed by atoms with Gasteiger partial charge in [0.1, 0.15) is 0 Å². The largest absolute Gasteiger partial charge is 0.411 e. The van der Waals surface area contributed by atoms with Gasteiger partial charge in [0.05, 0.1) is 0 Å². The van der Waals surface area contributed by atoms with Crippen LogP contribution in [0.1, 0.15) is 25.7 Å². The Hall–Kier alpha value is -1.93. The smallest absolute Gasteiger partial charge is 0.276 e. The van der Waals surface area contributed by atoms with Gasteiger partial charge >= 0.3 is 0 Å². The number of hydrogen-bond donors (Lipinski definition) is 0. The first-order valence-electron chi connectivity index (χ1n) is 8.94. The van der Waals surface area contributed by atoms with Crippen LogP contribution in [0.3, 0.4) is 0 Å². The van der Waals surface area contributed by atoms with E-state index in [1.807, 2.05) is 17.0 Å². The molecule has 0 spiro atoms. The van der Waals surface area contributed by atoms with Crippen molar-refractivity contribution in [3.63, 3.8) is 0 Å². The molecule has 26 heavy (non-hydrogen) atoms. The topological polar surface area (TPSA) is 75.4 Å². The maximum atomic E-state index is 12.6. The molecule has 0 N–H and O–H groups in total. The average Bonchev–Trinajstić information content (AvgIpc) is 2.97. The first-order chi connectivity index (χ1) is 12.6. The van der Waals surface area contributed by atoms with Gasteiger partial charge in [0.25, 0.3) is 5.22 Å². The summed E-state index contributed by atoms with van der Waals surface area (Å²) in [6.07, 6.45) is 7.28. The Morgan fingerprint density at radius 2 is 2.12 bits per heavy atom. The number of pyridine rings is 1. The van der Waals surface area contributed by atoms with Gasteiger partial charge in [-0.15, -0.1) is 10.2 Å². The summed E-state index contributed by atoms with van der Waals surface area (Å²) in [6, 6.07) is 4.10. The van der Waals surface area contributed by atoms with E-state index >= 15 is 0 Å². The predicted molar refractivity (Wildman–Crippen MR) is 101 cm³/mol. The first kappa shape index (κ1) is 18.8. The number of amides is 1. The predicted octanol–water partition coefficient (Wildman–Crippen LogP) is 2.56. The number of likely N-dealkylation sites (N-methyl/N-ethyl adjacent to an activating group) is 1.